The number of amides is 2. The summed E-state index contributed by atoms with van der Waals surface area (Å²) in [4.78, 5) is 24.1. The number of aryl methyl sites for hydroxylation is 1. The van der Waals surface area contributed by atoms with Crippen LogP contribution in [0.1, 0.15) is 32.3 Å². The highest BCUT2D eigenvalue weighted by atomic mass is 79.9. The van der Waals surface area contributed by atoms with Gasteiger partial charge in [0, 0.05) is 16.2 Å². The number of halogens is 1. The maximum atomic E-state index is 12.2. The lowest BCUT2D eigenvalue weighted by molar-refractivity contribution is -0.125. The summed E-state index contributed by atoms with van der Waals surface area (Å²) in [6.07, 6.45) is 1.54. The van der Waals surface area contributed by atoms with Gasteiger partial charge in [-0.05, 0) is 50.5 Å². The van der Waals surface area contributed by atoms with Gasteiger partial charge in [0.05, 0.1) is 11.8 Å². The van der Waals surface area contributed by atoms with Gasteiger partial charge in [0.1, 0.15) is 0 Å². The molecule has 21 heavy (non-hydrogen) atoms. The fourth-order valence-electron chi connectivity index (χ4n) is 2.22. The highest BCUT2D eigenvalue weighted by Gasteiger charge is 2.48. The second-order valence-corrected chi connectivity index (χ2v) is 6.63. The standard InChI is InChI=1S/C16H21BrN2O2/c1-4-10(3)18-15(20)12-8-13(12)16(21)19-14-6-5-11(17)7-9(14)2/h5-7,10,12-13H,4,8H2,1-3H3,(H,18,20)(H,19,21). The first-order valence-corrected chi connectivity index (χ1v) is 8.09. The van der Waals surface area contributed by atoms with E-state index in [1.165, 1.54) is 0 Å². The van der Waals surface area contributed by atoms with Crippen molar-refractivity contribution in [1.82, 2.24) is 5.32 Å². The van der Waals surface area contributed by atoms with Crippen LogP contribution in [0.5, 0.6) is 0 Å². The number of benzene rings is 1. The van der Waals surface area contributed by atoms with Crippen LogP contribution in [0.15, 0.2) is 22.7 Å². The minimum absolute atomic E-state index is 0.00275. The molecule has 1 aromatic carbocycles. The van der Waals surface area contributed by atoms with Gasteiger partial charge in [-0.3, -0.25) is 9.59 Å². The molecule has 4 nitrogen and oxygen atoms in total. The van der Waals surface area contributed by atoms with Crippen LogP contribution in [-0.2, 0) is 9.59 Å². The molecule has 1 aromatic rings. The third kappa shape index (κ3) is 4.06. The quantitative estimate of drug-likeness (QED) is 0.854. The summed E-state index contributed by atoms with van der Waals surface area (Å²) >= 11 is 3.40. The molecule has 114 valence electrons. The fourth-order valence-corrected chi connectivity index (χ4v) is 2.69. The molecular weight excluding hydrogens is 332 g/mol. The van der Waals surface area contributed by atoms with Gasteiger partial charge in [-0.2, -0.15) is 0 Å². The molecule has 0 aliphatic heterocycles. The molecule has 5 heteroatoms. The van der Waals surface area contributed by atoms with Crippen molar-refractivity contribution >= 4 is 33.4 Å². The lowest BCUT2D eigenvalue weighted by Gasteiger charge is -2.11. The Bertz CT molecular complexity index is 559. The molecule has 2 rings (SSSR count). The number of carbonyl (C=O) groups excluding carboxylic acids is 2. The molecule has 0 spiro atoms. The van der Waals surface area contributed by atoms with Crippen molar-refractivity contribution in [2.24, 2.45) is 11.8 Å². The molecule has 0 saturated heterocycles. The van der Waals surface area contributed by atoms with Gasteiger partial charge in [-0.1, -0.05) is 22.9 Å². The van der Waals surface area contributed by atoms with Crippen LogP contribution in [0.2, 0.25) is 0 Å². The van der Waals surface area contributed by atoms with Crippen LogP contribution < -0.4 is 10.6 Å². The molecule has 2 N–H and O–H groups in total. The summed E-state index contributed by atoms with van der Waals surface area (Å²) in [5.41, 5.74) is 1.80. The molecule has 2 amide bonds. The van der Waals surface area contributed by atoms with Crippen molar-refractivity contribution in [3.8, 4) is 0 Å². The lowest BCUT2D eigenvalue weighted by atomic mass is 10.2. The smallest absolute Gasteiger partial charge is 0.228 e. The predicted molar refractivity (Wildman–Crippen MR) is 87.0 cm³/mol. The van der Waals surface area contributed by atoms with Crippen LogP contribution in [0, 0.1) is 18.8 Å². The molecule has 0 radical (unpaired) electrons. The van der Waals surface area contributed by atoms with E-state index < -0.39 is 0 Å². The van der Waals surface area contributed by atoms with E-state index in [0.29, 0.717) is 6.42 Å². The zero-order valence-corrected chi connectivity index (χ0v) is 14.2. The second-order valence-electron chi connectivity index (χ2n) is 5.72. The Morgan fingerprint density at radius 1 is 1.33 bits per heavy atom. The Morgan fingerprint density at radius 2 is 2.00 bits per heavy atom. The van der Waals surface area contributed by atoms with Crippen LogP contribution in [0.4, 0.5) is 5.69 Å². The van der Waals surface area contributed by atoms with Gasteiger partial charge in [-0.15, -0.1) is 0 Å². The minimum Gasteiger partial charge on any atom is -0.353 e. The zero-order chi connectivity index (χ0) is 15.6. The topological polar surface area (TPSA) is 58.2 Å². The largest absolute Gasteiger partial charge is 0.353 e. The molecule has 3 unspecified atom stereocenters. The van der Waals surface area contributed by atoms with Crippen LogP contribution in [-0.4, -0.2) is 17.9 Å². The van der Waals surface area contributed by atoms with E-state index in [2.05, 4.69) is 26.6 Å². The van der Waals surface area contributed by atoms with Gasteiger partial charge in [0.25, 0.3) is 0 Å². The molecule has 0 bridgehead atoms. The molecule has 1 fully saturated rings. The number of carbonyl (C=O) groups is 2. The molecular formula is C16H21BrN2O2. The Morgan fingerprint density at radius 3 is 2.62 bits per heavy atom. The first-order chi connectivity index (χ1) is 9.92. The first kappa shape index (κ1) is 16.0. The Balaban J connectivity index is 1.90. The molecule has 1 aliphatic rings. The normalized spacial score (nSPS) is 21.5. The fraction of sp³-hybridized carbons (Fsp3) is 0.500. The van der Waals surface area contributed by atoms with E-state index in [-0.39, 0.29) is 29.7 Å². The Hall–Kier alpha value is -1.36. The highest BCUT2D eigenvalue weighted by Crippen LogP contribution is 2.39. The van der Waals surface area contributed by atoms with Crippen LogP contribution in [0.3, 0.4) is 0 Å². The average molecular weight is 353 g/mol. The second kappa shape index (κ2) is 6.60. The number of hydrogen-bond donors (Lipinski definition) is 2. The number of rotatable bonds is 5. The number of nitrogens with one attached hydrogen (secondary N) is 2. The van der Waals surface area contributed by atoms with Crippen LogP contribution in [0.25, 0.3) is 0 Å². The first-order valence-electron chi connectivity index (χ1n) is 7.29. The molecule has 0 aromatic heterocycles. The monoisotopic (exact) mass is 352 g/mol. The zero-order valence-electron chi connectivity index (χ0n) is 12.6. The molecule has 1 saturated carbocycles. The van der Waals surface area contributed by atoms with E-state index in [9.17, 15) is 9.59 Å². The number of hydrogen-bond acceptors (Lipinski definition) is 2. The van der Waals surface area contributed by atoms with Gasteiger partial charge < -0.3 is 10.6 Å². The van der Waals surface area contributed by atoms with Crippen molar-refractivity contribution in [2.75, 3.05) is 5.32 Å². The van der Waals surface area contributed by atoms with Crippen molar-refractivity contribution in [2.45, 2.75) is 39.7 Å². The summed E-state index contributed by atoms with van der Waals surface area (Å²) in [6.45, 7) is 5.94. The molecule has 0 heterocycles. The Kier molecular flexibility index (Phi) is 5.04. The van der Waals surface area contributed by atoms with Gasteiger partial charge in [-0.25, -0.2) is 0 Å². The van der Waals surface area contributed by atoms with E-state index in [4.69, 9.17) is 0 Å². The SMILES string of the molecule is CCC(C)NC(=O)C1CC1C(=O)Nc1ccc(Br)cc1C. The van der Waals surface area contributed by atoms with Crippen molar-refractivity contribution in [3.05, 3.63) is 28.2 Å². The number of anilines is 1. The van der Waals surface area contributed by atoms with Gasteiger partial charge in [0.15, 0.2) is 0 Å². The van der Waals surface area contributed by atoms with Gasteiger partial charge in [0.2, 0.25) is 11.8 Å². The van der Waals surface area contributed by atoms with Gasteiger partial charge >= 0.3 is 0 Å². The highest BCUT2D eigenvalue weighted by molar-refractivity contribution is 9.10. The summed E-state index contributed by atoms with van der Waals surface area (Å²) in [6, 6.07) is 5.88. The predicted octanol–water partition coefficient (Wildman–Crippen LogP) is 3.25. The lowest BCUT2D eigenvalue weighted by Crippen LogP contribution is -2.34. The summed E-state index contributed by atoms with van der Waals surface area (Å²) in [7, 11) is 0. The third-order valence-corrected chi connectivity index (χ3v) is 4.40. The van der Waals surface area contributed by atoms with Crippen molar-refractivity contribution in [3.63, 3.8) is 0 Å². The Labute approximate surface area is 133 Å². The van der Waals surface area contributed by atoms with Crippen molar-refractivity contribution in [1.29, 1.82) is 0 Å². The van der Waals surface area contributed by atoms with Crippen molar-refractivity contribution < 1.29 is 9.59 Å². The summed E-state index contributed by atoms with van der Waals surface area (Å²) in [5.74, 6) is -0.436. The van der Waals surface area contributed by atoms with E-state index in [1.807, 2.05) is 39.0 Å². The molecule has 3 atom stereocenters. The van der Waals surface area contributed by atoms with Crippen LogP contribution >= 0.6 is 15.9 Å². The average Bonchev–Trinajstić information content (AvgIpc) is 3.22. The van der Waals surface area contributed by atoms with E-state index >= 15 is 0 Å². The summed E-state index contributed by atoms with van der Waals surface area (Å²) < 4.78 is 0.982. The summed E-state index contributed by atoms with van der Waals surface area (Å²) in [5, 5.41) is 5.85. The third-order valence-electron chi connectivity index (χ3n) is 3.91. The minimum atomic E-state index is -0.197. The molecule has 1 aliphatic carbocycles. The maximum absolute atomic E-state index is 12.2. The van der Waals surface area contributed by atoms with E-state index in [0.717, 1.165) is 22.1 Å². The van der Waals surface area contributed by atoms with E-state index in [1.54, 1.807) is 0 Å². The maximum Gasteiger partial charge on any atom is 0.228 e.